The summed E-state index contributed by atoms with van der Waals surface area (Å²) in [7, 11) is 3.36. The molecule has 1 fully saturated rings. The Labute approximate surface area is 106 Å². The molecule has 0 saturated heterocycles. The summed E-state index contributed by atoms with van der Waals surface area (Å²) in [6.45, 7) is 2.50. The second kappa shape index (κ2) is 4.80. The third kappa shape index (κ3) is 2.37. The molecule has 1 saturated carbocycles. The molecule has 1 aliphatic rings. The minimum atomic E-state index is -0.152. The van der Waals surface area contributed by atoms with E-state index in [4.69, 9.17) is 0 Å². The first-order chi connectivity index (χ1) is 8.54. The summed E-state index contributed by atoms with van der Waals surface area (Å²) in [5, 5.41) is 6.92. The normalized spacial score (nSPS) is 14.4. The number of nitrogens with one attached hydrogen (secondary N) is 1. The SMILES string of the molecule is CCn1ncc(NC(=O)C2CC2)c1C(=O)N(C)C. The molecule has 1 aromatic rings. The molecule has 2 amide bonds. The van der Waals surface area contributed by atoms with Gasteiger partial charge in [0.25, 0.3) is 5.91 Å². The van der Waals surface area contributed by atoms with Crippen molar-refractivity contribution in [3.05, 3.63) is 11.9 Å². The molecule has 2 rings (SSSR count). The molecule has 98 valence electrons. The summed E-state index contributed by atoms with van der Waals surface area (Å²) < 4.78 is 1.60. The minimum Gasteiger partial charge on any atom is -0.343 e. The predicted molar refractivity (Wildman–Crippen MR) is 67.3 cm³/mol. The summed E-state index contributed by atoms with van der Waals surface area (Å²) >= 11 is 0. The molecule has 0 aromatic carbocycles. The zero-order chi connectivity index (χ0) is 13.3. The van der Waals surface area contributed by atoms with E-state index in [0.717, 1.165) is 12.8 Å². The van der Waals surface area contributed by atoms with Gasteiger partial charge in [0.15, 0.2) is 0 Å². The molecule has 0 bridgehead atoms. The molecule has 6 heteroatoms. The molecule has 0 atom stereocenters. The first-order valence-corrected chi connectivity index (χ1v) is 6.13. The van der Waals surface area contributed by atoms with E-state index >= 15 is 0 Å². The maximum atomic E-state index is 12.1. The van der Waals surface area contributed by atoms with Gasteiger partial charge in [-0.1, -0.05) is 0 Å². The summed E-state index contributed by atoms with van der Waals surface area (Å²) in [5.74, 6) is -0.0591. The lowest BCUT2D eigenvalue weighted by atomic mass is 10.3. The topological polar surface area (TPSA) is 67.2 Å². The Morgan fingerprint density at radius 3 is 2.67 bits per heavy atom. The maximum absolute atomic E-state index is 12.1. The second-order valence-corrected chi connectivity index (χ2v) is 4.69. The lowest BCUT2D eigenvalue weighted by molar-refractivity contribution is -0.117. The van der Waals surface area contributed by atoms with Crippen molar-refractivity contribution in [2.75, 3.05) is 19.4 Å². The van der Waals surface area contributed by atoms with E-state index in [-0.39, 0.29) is 17.7 Å². The van der Waals surface area contributed by atoms with Gasteiger partial charge in [-0.15, -0.1) is 0 Å². The Bertz CT molecular complexity index is 474. The second-order valence-electron chi connectivity index (χ2n) is 4.69. The summed E-state index contributed by atoms with van der Waals surface area (Å²) in [4.78, 5) is 25.3. The Kier molecular flexibility index (Phi) is 3.36. The Morgan fingerprint density at radius 2 is 2.17 bits per heavy atom. The van der Waals surface area contributed by atoms with E-state index in [2.05, 4.69) is 10.4 Å². The van der Waals surface area contributed by atoms with E-state index in [1.807, 2.05) is 6.92 Å². The van der Waals surface area contributed by atoms with Gasteiger partial charge in [0.1, 0.15) is 5.69 Å². The fourth-order valence-corrected chi connectivity index (χ4v) is 1.73. The lowest BCUT2D eigenvalue weighted by Crippen LogP contribution is -2.26. The van der Waals surface area contributed by atoms with Crippen LogP contribution in [0, 0.1) is 5.92 Å². The van der Waals surface area contributed by atoms with Gasteiger partial charge in [-0.25, -0.2) is 0 Å². The largest absolute Gasteiger partial charge is 0.343 e. The molecule has 0 spiro atoms. The standard InChI is InChI=1S/C12H18N4O2/c1-4-16-10(12(18)15(2)3)9(7-13-16)14-11(17)8-5-6-8/h7-8H,4-6H2,1-3H3,(H,14,17). The van der Waals surface area contributed by atoms with Gasteiger partial charge >= 0.3 is 0 Å². The van der Waals surface area contributed by atoms with Gasteiger partial charge in [-0.3, -0.25) is 14.3 Å². The summed E-state index contributed by atoms with van der Waals surface area (Å²) in [6.07, 6.45) is 3.41. The van der Waals surface area contributed by atoms with E-state index in [0.29, 0.717) is 17.9 Å². The van der Waals surface area contributed by atoms with Crippen LogP contribution in [0.2, 0.25) is 0 Å². The minimum absolute atomic E-state index is 0.0153. The van der Waals surface area contributed by atoms with Crippen molar-refractivity contribution in [3.63, 3.8) is 0 Å². The van der Waals surface area contributed by atoms with E-state index in [1.54, 1.807) is 25.0 Å². The first-order valence-electron chi connectivity index (χ1n) is 6.13. The monoisotopic (exact) mass is 250 g/mol. The Balaban J connectivity index is 2.26. The van der Waals surface area contributed by atoms with Crippen molar-refractivity contribution in [3.8, 4) is 0 Å². The number of aromatic nitrogens is 2. The molecule has 1 aromatic heterocycles. The van der Waals surface area contributed by atoms with Crippen molar-refractivity contribution >= 4 is 17.5 Å². The molecule has 0 aliphatic heterocycles. The van der Waals surface area contributed by atoms with Crippen molar-refractivity contribution in [2.24, 2.45) is 5.92 Å². The van der Waals surface area contributed by atoms with E-state index in [1.165, 1.54) is 4.90 Å². The molecular weight excluding hydrogens is 232 g/mol. The molecule has 0 unspecified atom stereocenters. The van der Waals surface area contributed by atoms with Gasteiger partial charge in [0.05, 0.1) is 11.9 Å². The molecule has 1 heterocycles. The lowest BCUT2D eigenvalue weighted by Gasteiger charge is -2.13. The number of hydrogen-bond acceptors (Lipinski definition) is 3. The summed E-state index contributed by atoms with van der Waals surface area (Å²) in [6, 6.07) is 0. The number of hydrogen-bond donors (Lipinski definition) is 1. The highest BCUT2D eigenvalue weighted by molar-refractivity contribution is 6.03. The van der Waals surface area contributed by atoms with Gasteiger partial charge < -0.3 is 10.2 Å². The molecule has 1 N–H and O–H groups in total. The number of aryl methyl sites for hydroxylation is 1. The quantitative estimate of drug-likeness (QED) is 0.865. The zero-order valence-corrected chi connectivity index (χ0v) is 10.9. The van der Waals surface area contributed by atoms with Crippen LogP contribution in [-0.2, 0) is 11.3 Å². The fraction of sp³-hybridized carbons (Fsp3) is 0.583. The molecular formula is C12H18N4O2. The number of carbonyl (C=O) groups is 2. The average Bonchev–Trinajstić information content (AvgIpc) is 3.11. The summed E-state index contributed by atoms with van der Waals surface area (Å²) in [5.41, 5.74) is 0.948. The van der Waals surface area contributed by atoms with Crippen LogP contribution in [0.5, 0.6) is 0 Å². The van der Waals surface area contributed by atoms with Crippen LogP contribution >= 0.6 is 0 Å². The van der Waals surface area contributed by atoms with Crippen molar-refractivity contribution in [1.29, 1.82) is 0 Å². The van der Waals surface area contributed by atoms with Crippen LogP contribution in [-0.4, -0.2) is 40.6 Å². The van der Waals surface area contributed by atoms with Crippen LogP contribution in [0.1, 0.15) is 30.3 Å². The Hall–Kier alpha value is -1.85. The van der Waals surface area contributed by atoms with Crippen LogP contribution < -0.4 is 5.32 Å². The number of anilines is 1. The number of rotatable bonds is 4. The van der Waals surface area contributed by atoms with Crippen molar-refractivity contribution in [1.82, 2.24) is 14.7 Å². The predicted octanol–water partition coefficient (Wildman–Crippen LogP) is 0.953. The van der Waals surface area contributed by atoms with Gasteiger partial charge in [-0.2, -0.15) is 5.10 Å². The van der Waals surface area contributed by atoms with E-state index < -0.39 is 0 Å². The highest BCUT2D eigenvalue weighted by atomic mass is 16.2. The maximum Gasteiger partial charge on any atom is 0.273 e. The molecule has 0 radical (unpaired) electrons. The average molecular weight is 250 g/mol. The van der Waals surface area contributed by atoms with Gasteiger partial charge in [0.2, 0.25) is 5.91 Å². The zero-order valence-electron chi connectivity index (χ0n) is 10.9. The fourth-order valence-electron chi connectivity index (χ4n) is 1.73. The van der Waals surface area contributed by atoms with Crippen LogP contribution in [0.25, 0.3) is 0 Å². The smallest absolute Gasteiger partial charge is 0.273 e. The van der Waals surface area contributed by atoms with Gasteiger partial charge in [0, 0.05) is 26.6 Å². The van der Waals surface area contributed by atoms with Crippen LogP contribution in [0.15, 0.2) is 6.20 Å². The number of carbonyl (C=O) groups excluding carboxylic acids is 2. The van der Waals surface area contributed by atoms with Crippen molar-refractivity contribution < 1.29 is 9.59 Å². The molecule has 18 heavy (non-hydrogen) atoms. The van der Waals surface area contributed by atoms with Crippen molar-refractivity contribution in [2.45, 2.75) is 26.3 Å². The van der Waals surface area contributed by atoms with Crippen LogP contribution in [0.3, 0.4) is 0 Å². The number of nitrogens with zero attached hydrogens (tertiary/aromatic N) is 3. The molecule has 1 aliphatic carbocycles. The first kappa shape index (κ1) is 12.6. The number of amides is 2. The van der Waals surface area contributed by atoms with Crippen LogP contribution in [0.4, 0.5) is 5.69 Å². The third-order valence-electron chi connectivity index (χ3n) is 2.95. The third-order valence-corrected chi connectivity index (χ3v) is 2.95. The highest BCUT2D eigenvalue weighted by Gasteiger charge is 2.31. The van der Waals surface area contributed by atoms with E-state index in [9.17, 15) is 9.59 Å². The highest BCUT2D eigenvalue weighted by Crippen LogP contribution is 2.30. The Morgan fingerprint density at radius 1 is 1.50 bits per heavy atom. The molecule has 6 nitrogen and oxygen atoms in total. The van der Waals surface area contributed by atoms with Gasteiger partial charge in [-0.05, 0) is 19.8 Å².